The van der Waals surface area contributed by atoms with E-state index in [1.165, 1.54) is 12.1 Å². The molecule has 1 amide bonds. The number of sulfone groups is 1. The lowest BCUT2D eigenvalue weighted by Gasteiger charge is -2.35. The maximum absolute atomic E-state index is 12.5. The van der Waals surface area contributed by atoms with Gasteiger partial charge in [-0.1, -0.05) is 26.0 Å². The molecule has 1 saturated heterocycles. The van der Waals surface area contributed by atoms with Crippen molar-refractivity contribution in [2.24, 2.45) is 11.8 Å². The minimum atomic E-state index is -4.59. The summed E-state index contributed by atoms with van der Waals surface area (Å²) in [6.07, 6.45) is 1.25. The number of amides is 1. The lowest BCUT2D eigenvalue weighted by molar-refractivity contribution is -0.133. The molecule has 1 aliphatic rings. The van der Waals surface area contributed by atoms with E-state index >= 15 is 0 Å². The Bertz CT molecular complexity index is 648. The Morgan fingerprint density at radius 2 is 1.70 bits per heavy atom. The molecule has 2 atom stereocenters. The van der Waals surface area contributed by atoms with Gasteiger partial charge in [-0.25, -0.2) is 8.42 Å². The van der Waals surface area contributed by atoms with Crippen molar-refractivity contribution in [2.45, 2.75) is 37.3 Å². The van der Waals surface area contributed by atoms with Crippen molar-refractivity contribution in [3.63, 3.8) is 0 Å². The molecular weight excluding hydrogens is 324 g/mol. The van der Waals surface area contributed by atoms with Crippen LogP contribution in [0.2, 0.25) is 0 Å². The fourth-order valence-corrected chi connectivity index (χ4v) is 3.77. The molecule has 0 bridgehead atoms. The van der Waals surface area contributed by atoms with E-state index in [9.17, 15) is 22.0 Å². The normalized spacial score (nSPS) is 22.4. The number of hydrogen-bond acceptors (Lipinski definition) is 3. The van der Waals surface area contributed by atoms with Crippen LogP contribution in [0.1, 0.15) is 25.8 Å². The van der Waals surface area contributed by atoms with Gasteiger partial charge in [-0.05, 0) is 36.0 Å². The maximum Gasteiger partial charge on any atom is 0.341 e. The van der Waals surface area contributed by atoms with Gasteiger partial charge in [0.15, 0.2) is 0 Å². The first kappa shape index (κ1) is 17.8. The van der Waals surface area contributed by atoms with Crippen LogP contribution in [0.15, 0.2) is 29.2 Å². The fraction of sp³-hybridized carbons (Fsp3) is 0.562. The van der Waals surface area contributed by atoms with Gasteiger partial charge in [0.1, 0.15) is 0 Å². The molecule has 0 spiro atoms. The summed E-state index contributed by atoms with van der Waals surface area (Å²) in [7, 11) is -4.59. The molecule has 0 unspecified atom stereocenters. The maximum atomic E-state index is 12.5. The van der Waals surface area contributed by atoms with Crippen LogP contribution in [0.25, 0.3) is 0 Å². The third-order valence-electron chi connectivity index (χ3n) is 4.06. The van der Waals surface area contributed by atoms with Gasteiger partial charge in [0.05, 0.1) is 11.3 Å². The van der Waals surface area contributed by atoms with Crippen molar-refractivity contribution in [1.29, 1.82) is 0 Å². The molecule has 1 fully saturated rings. The number of alkyl halides is 2. The van der Waals surface area contributed by atoms with Crippen LogP contribution < -0.4 is 0 Å². The van der Waals surface area contributed by atoms with Crippen molar-refractivity contribution >= 4 is 15.7 Å². The van der Waals surface area contributed by atoms with Crippen molar-refractivity contribution in [2.75, 3.05) is 13.1 Å². The van der Waals surface area contributed by atoms with Crippen LogP contribution in [0.5, 0.6) is 0 Å². The lowest BCUT2D eigenvalue weighted by atomic mass is 9.91. The van der Waals surface area contributed by atoms with Crippen LogP contribution in [0, 0.1) is 11.8 Å². The van der Waals surface area contributed by atoms with Crippen LogP contribution in [-0.4, -0.2) is 38.1 Å². The molecule has 1 aromatic carbocycles. The van der Waals surface area contributed by atoms with Gasteiger partial charge in [0.2, 0.25) is 15.7 Å². The number of likely N-dealkylation sites (tertiary alicyclic amines) is 1. The first-order valence-electron chi connectivity index (χ1n) is 7.59. The Labute approximate surface area is 135 Å². The average molecular weight is 345 g/mol. The predicted molar refractivity (Wildman–Crippen MR) is 82.9 cm³/mol. The van der Waals surface area contributed by atoms with Gasteiger partial charge in [0.25, 0.3) is 0 Å². The standard InChI is InChI=1S/C16H21F2NO3S/c1-11-7-12(2)10-19(9-11)15(20)8-13-3-5-14(6-4-13)23(21,22)16(17)18/h3-6,11-12,16H,7-10H2,1-2H3/t11-,12-/m0/s1. The number of rotatable bonds is 4. The minimum absolute atomic E-state index is 0.0205. The second-order valence-electron chi connectivity index (χ2n) is 6.37. The van der Waals surface area contributed by atoms with E-state index in [0.29, 0.717) is 17.4 Å². The smallest absolute Gasteiger partial charge is 0.341 e. The zero-order valence-electron chi connectivity index (χ0n) is 13.2. The van der Waals surface area contributed by atoms with Gasteiger partial charge in [0, 0.05) is 13.1 Å². The average Bonchev–Trinajstić information content (AvgIpc) is 2.46. The van der Waals surface area contributed by atoms with Crippen LogP contribution in [-0.2, 0) is 21.1 Å². The van der Waals surface area contributed by atoms with Crippen LogP contribution >= 0.6 is 0 Å². The third kappa shape index (κ3) is 4.28. The number of halogens is 2. The summed E-state index contributed by atoms with van der Waals surface area (Å²) in [6, 6.07) is 5.10. The number of hydrogen-bond donors (Lipinski definition) is 0. The number of carbonyl (C=O) groups is 1. The van der Waals surface area contributed by atoms with Crippen molar-refractivity contribution in [3.8, 4) is 0 Å². The van der Waals surface area contributed by atoms with E-state index in [2.05, 4.69) is 13.8 Å². The number of carbonyl (C=O) groups excluding carboxylic acids is 1. The second-order valence-corrected chi connectivity index (χ2v) is 8.29. The second kappa shape index (κ2) is 6.95. The highest BCUT2D eigenvalue weighted by molar-refractivity contribution is 7.91. The van der Waals surface area contributed by atoms with E-state index in [1.54, 1.807) is 0 Å². The summed E-state index contributed by atoms with van der Waals surface area (Å²) in [5, 5.41) is 0. The van der Waals surface area contributed by atoms with E-state index < -0.39 is 20.5 Å². The Balaban J connectivity index is 2.05. The Kier molecular flexibility index (Phi) is 5.39. The van der Waals surface area contributed by atoms with Crippen LogP contribution in [0.4, 0.5) is 8.78 Å². The van der Waals surface area contributed by atoms with E-state index in [1.807, 2.05) is 4.90 Å². The molecule has 0 radical (unpaired) electrons. The molecule has 128 valence electrons. The predicted octanol–water partition coefficient (Wildman–Crippen LogP) is 2.73. The first-order chi connectivity index (χ1) is 10.7. The number of nitrogens with zero attached hydrogens (tertiary/aromatic N) is 1. The van der Waals surface area contributed by atoms with Gasteiger partial charge < -0.3 is 4.90 Å². The molecule has 1 aromatic rings. The fourth-order valence-electron chi connectivity index (χ4n) is 3.05. The summed E-state index contributed by atoms with van der Waals surface area (Å²) >= 11 is 0. The molecule has 0 saturated carbocycles. The molecule has 4 nitrogen and oxygen atoms in total. The van der Waals surface area contributed by atoms with E-state index in [-0.39, 0.29) is 12.3 Å². The molecule has 0 aromatic heterocycles. The van der Waals surface area contributed by atoms with E-state index in [0.717, 1.165) is 31.6 Å². The van der Waals surface area contributed by atoms with Crippen molar-refractivity contribution in [3.05, 3.63) is 29.8 Å². The summed E-state index contributed by atoms with van der Waals surface area (Å²) in [6.45, 7) is 5.67. The Morgan fingerprint density at radius 1 is 1.17 bits per heavy atom. The van der Waals surface area contributed by atoms with E-state index in [4.69, 9.17) is 0 Å². The van der Waals surface area contributed by atoms with Gasteiger partial charge in [-0.3, -0.25) is 4.79 Å². The van der Waals surface area contributed by atoms with Gasteiger partial charge in [-0.15, -0.1) is 0 Å². The molecule has 1 aliphatic heterocycles. The van der Waals surface area contributed by atoms with Crippen molar-refractivity contribution < 1.29 is 22.0 Å². The molecule has 2 rings (SSSR count). The summed E-state index contributed by atoms with van der Waals surface area (Å²) in [5.74, 6) is -2.54. The highest BCUT2D eigenvalue weighted by Gasteiger charge is 2.27. The highest BCUT2D eigenvalue weighted by atomic mass is 32.2. The number of benzene rings is 1. The molecule has 0 aliphatic carbocycles. The quantitative estimate of drug-likeness (QED) is 0.843. The van der Waals surface area contributed by atoms with Crippen molar-refractivity contribution in [1.82, 2.24) is 4.90 Å². The molecular formula is C16H21F2NO3S. The van der Waals surface area contributed by atoms with Gasteiger partial charge in [-0.2, -0.15) is 8.78 Å². The topological polar surface area (TPSA) is 54.5 Å². The van der Waals surface area contributed by atoms with Gasteiger partial charge >= 0.3 is 5.76 Å². The summed E-state index contributed by atoms with van der Waals surface area (Å²) < 4.78 is 47.7. The third-order valence-corrected chi connectivity index (χ3v) is 5.46. The number of piperidine rings is 1. The first-order valence-corrected chi connectivity index (χ1v) is 9.13. The molecule has 0 N–H and O–H groups in total. The Hall–Kier alpha value is -1.50. The molecule has 7 heteroatoms. The minimum Gasteiger partial charge on any atom is -0.342 e. The lowest BCUT2D eigenvalue weighted by Crippen LogP contribution is -2.43. The SMILES string of the molecule is C[C@H]1C[C@H](C)CN(C(=O)Cc2ccc(S(=O)(=O)C(F)F)cc2)C1. The van der Waals surface area contributed by atoms with Crippen LogP contribution in [0.3, 0.4) is 0 Å². The summed E-state index contributed by atoms with van der Waals surface area (Å²) in [5.41, 5.74) is 0.620. The molecule has 1 heterocycles. The summed E-state index contributed by atoms with van der Waals surface area (Å²) in [4.78, 5) is 13.7. The molecule has 23 heavy (non-hydrogen) atoms. The Morgan fingerprint density at radius 3 is 2.17 bits per heavy atom. The largest absolute Gasteiger partial charge is 0.342 e. The zero-order chi connectivity index (χ0) is 17.2. The highest BCUT2D eigenvalue weighted by Crippen LogP contribution is 2.22. The zero-order valence-corrected chi connectivity index (χ0v) is 14.0. The monoisotopic (exact) mass is 345 g/mol.